The standard InChI is InChI=1S/C6H6FNO2.C2H6/c1-3-6(7)4(9)2-5(10)8-3;1-2/h2H2,1H3,(H,8,10);1-2H3. The van der Waals surface area contributed by atoms with Crippen molar-refractivity contribution in [2.45, 2.75) is 27.2 Å². The number of rotatable bonds is 0. The Morgan fingerprint density at radius 2 is 1.83 bits per heavy atom. The Morgan fingerprint density at radius 3 is 2.25 bits per heavy atom. The van der Waals surface area contributed by atoms with E-state index < -0.39 is 17.5 Å². The van der Waals surface area contributed by atoms with Crippen molar-refractivity contribution in [2.75, 3.05) is 0 Å². The molecule has 0 saturated heterocycles. The smallest absolute Gasteiger partial charge is 0.232 e. The van der Waals surface area contributed by atoms with Crippen molar-refractivity contribution in [3.63, 3.8) is 0 Å². The SMILES string of the molecule is CC.CC1=C(F)C(=O)CC(=O)N1. The Hall–Kier alpha value is -1.19. The van der Waals surface area contributed by atoms with Crippen molar-refractivity contribution in [3.05, 3.63) is 11.5 Å². The third-order valence-electron chi connectivity index (χ3n) is 1.22. The predicted molar refractivity (Wildman–Crippen MR) is 42.9 cm³/mol. The van der Waals surface area contributed by atoms with Crippen molar-refractivity contribution in [3.8, 4) is 0 Å². The summed E-state index contributed by atoms with van der Waals surface area (Å²) in [7, 11) is 0. The first-order valence-corrected chi connectivity index (χ1v) is 3.80. The molecular weight excluding hydrogens is 161 g/mol. The molecule has 0 spiro atoms. The molecular formula is C8H12FNO2. The van der Waals surface area contributed by atoms with Crippen LogP contribution in [-0.4, -0.2) is 11.7 Å². The summed E-state index contributed by atoms with van der Waals surface area (Å²) in [6.07, 6.45) is -0.372. The van der Waals surface area contributed by atoms with Crippen LogP contribution in [0.3, 0.4) is 0 Å². The minimum absolute atomic E-state index is 0.0150. The van der Waals surface area contributed by atoms with Crippen LogP contribution in [-0.2, 0) is 9.59 Å². The second-order valence-electron chi connectivity index (χ2n) is 2.09. The minimum Gasteiger partial charge on any atom is -0.327 e. The number of hydrogen-bond donors (Lipinski definition) is 1. The van der Waals surface area contributed by atoms with Crippen LogP contribution in [0.5, 0.6) is 0 Å². The molecule has 1 N–H and O–H groups in total. The van der Waals surface area contributed by atoms with Crippen molar-refractivity contribution < 1.29 is 14.0 Å². The normalized spacial score (nSPS) is 16.7. The van der Waals surface area contributed by atoms with Gasteiger partial charge in [0.1, 0.15) is 0 Å². The number of amides is 1. The maximum atomic E-state index is 12.5. The van der Waals surface area contributed by atoms with Crippen LogP contribution >= 0.6 is 0 Å². The maximum Gasteiger partial charge on any atom is 0.232 e. The fourth-order valence-corrected chi connectivity index (χ4v) is 0.741. The number of carbonyl (C=O) groups excluding carboxylic acids is 2. The number of ketones is 1. The molecule has 0 radical (unpaired) electrons. The maximum absolute atomic E-state index is 12.5. The minimum atomic E-state index is -0.834. The monoisotopic (exact) mass is 173 g/mol. The summed E-state index contributed by atoms with van der Waals surface area (Å²) < 4.78 is 12.5. The number of carbonyl (C=O) groups is 2. The molecule has 0 unspecified atom stereocenters. The Morgan fingerprint density at radius 1 is 1.33 bits per heavy atom. The van der Waals surface area contributed by atoms with Gasteiger partial charge in [-0.3, -0.25) is 9.59 Å². The molecule has 1 rings (SSSR count). The fraction of sp³-hybridized carbons (Fsp3) is 0.500. The highest BCUT2D eigenvalue weighted by molar-refractivity contribution is 6.09. The van der Waals surface area contributed by atoms with Crippen LogP contribution in [0.25, 0.3) is 0 Å². The fourth-order valence-electron chi connectivity index (χ4n) is 0.741. The van der Waals surface area contributed by atoms with E-state index in [0.29, 0.717) is 0 Å². The number of halogens is 1. The van der Waals surface area contributed by atoms with Gasteiger partial charge in [0.25, 0.3) is 0 Å². The molecule has 1 amide bonds. The molecule has 1 aliphatic rings. The molecule has 0 fully saturated rings. The highest BCUT2D eigenvalue weighted by atomic mass is 19.1. The van der Waals surface area contributed by atoms with E-state index in [1.54, 1.807) is 0 Å². The average Bonchev–Trinajstić information content (AvgIpc) is 2.04. The van der Waals surface area contributed by atoms with Gasteiger partial charge < -0.3 is 5.32 Å². The van der Waals surface area contributed by atoms with Gasteiger partial charge in [-0.05, 0) is 6.92 Å². The Kier molecular flexibility index (Phi) is 4.18. The zero-order valence-electron chi connectivity index (χ0n) is 7.40. The predicted octanol–water partition coefficient (Wildman–Crippen LogP) is 1.30. The second-order valence-corrected chi connectivity index (χ2v) is 2.09. The van der Waals surface area contributed by atoms with Crippen LogP contribution in [0.15, 0.2) is 11.5 Å². The summed E-state index contributed by atoms with van der Waals surface area (Å²) in [5.41, 5.74) is 0.0150. The van der Waals surface area contributed by atoms with Crippen LogP contribution in [0, 0.1) is 0 Å². The molecule has 0 aromatic rings. The highest BCUT2D eigenvalue weighted by Crippen LogP contribution is 2.11. The van der Waals surface area contributed by atoms with Gasteiger partial charge in [0.2, 0.25) is 11.7 Å². The third-order valence-corrected chi connectivity index (χ3v) is 1.22. The molecule has 0 aliphatic carbocycles. The summed E-state index contributed by atoms with van der Waals surface area (Å²) in [5, 5.41) is 2.20. The van der Waals surface area contributed by atoms with Gasteiger partial charge in [-0.15, -0.1) is 0 Å². The lowest BCUT2D eigenvalue weighted by Gasteiger charge is -2.10. The number of nitrogens with one attached hydrogen (secondary N) is 1. The lowest BCUT2D eigenvalue weighted by molar-refractivity contribution is -0.128. The lowest BCUT2D eigenvalue weighted by atomic mass is 10.1. The molecule has 1 heterocycles. The molecule has 4 heteroatoms. The van der Waals surface area contributed by atoms with Crippen molar-refractivity contribution >= 4 is 11.7 Å². The molecule has 0 bridgehead atoms. The molecule has 0 aromatic heterocycles. The van der Waals surface area contributed by atoms with E-state index in [1.165, 1.54) is 6.92 Å². The quantitative estimate of drug-likeness (QED) is 0.561. The van der Waals surface area contributed by atoms with E-state index in [9.17, 15) is 14.0 Å². The van der Waals surface area contributed by atoms with E-state index in [-0.39, 0.29) is 12.1 Å². The molecule has 3 nitrogen and oxygen atoms in total. The first kappa shape index (κ1) is 10.8. The number of allylic oxidation sites excluding steroid dienone is 2. The Bertz CT molecular complexity index is 233. The third kappa shape index (κ3) is 2.45. The van der Waals surface area contributed by atoms with Crippen molar-refractivity contribution in [1.29, 1.82) is 0 Å². The summed E-state index contributed by atoms with van der Waals surface area (Å²) in [6, 6.07) is 0. The number of hydrogen-bond acceptors (Lipinski definition) is 2. The topological polar surface area (TPSA) is 46.2 Å². The molecule has 0 saturated carbocycles. The molecule has 12 heavy (non-hydrogen) atoms. The van der Waals surface area contributed by atoms with Gasteiger partial charge in [-0.1, -0.05) is 13.8 Å². The van der Waals surface area contributed by atoms with E-state index in [4.69, 9.17) is 0 Å². The lowest BCUT2D eigenvalue weighted by Crippen LogP contribution is -2.30. The largest absolute Gasteiger partial charge is 0.327 e. The zero-order valence-corrected chi connectivity index (χ0v) is 7.40. The van der Waals surface area contributed by atoms with Crippen LogP contribution in [0.2, 0.25) is 0 Å². The van der Waals surface area contributed by atoms with Gasteiger partial charge in [0.15, 0.2) is 5.83 Å². The van der Waals surface area contributed by atoms with Crippen molar-refractivity contribution in [1.82, 2.24) is 5.32 Å². The Balaban J connectivity index is 0.000000561. The summed E-state index contributed by atoms with van der Waals surface area (Å²) in [6.45, 7) is 5.35. The van der Waals surface area contributed by atoms with E-state index in [0.717, 1.165) is 0 Å². The highest BCUT2D eigenvalue weighted by Gasteiger charge is 2.22. The van der Waals surface area contributed by atoms with Gasteiger partial charge in [0.05, 0.1) is 12.1 Å². The first-order valence-electron chi connectivity index (χ1n) is 3.80. The number of Topliss-reactive ketones (excluding diaryl/α,β-unsaturated/α-hetero) is 1. The first-order chi connectivity index (χ1) is 5.61. The molecule has 68 valence electrons. The van der Waals surface area contributed by atoms with Crippen LogP contribution in [0.4, 0.5) is 4.39 Å². The van der Waals surface area contributed by atoms with Gasteiger partial charge in [-0.2, -0.15) is 0 Å². The Labute approximate surface area is 70.6 Å². The zero-order chi connectivity index (χ0) is 9.72. The average molecular weight is 173 g/mol. The van der Waals surface area contributed by atoms with Crippen LogP contribution < -0.4 is 5.32 Å². The molecule has 1 aliphatic heterocycles. The summed E-state index contributed by atoms with van der Waals surface area (Å²) in [4.78, 5) is 21.0. The van der Waals surface area contributed by atoms with E-state index in [2.05, 4.69) is 5.32 Å². The van der Waals surface area contributed by atoms with Gasteiger partial charge in [-0.25, -0.2) is 4.39 Å². The van der Waals surface area contributed by atoms with E-state index >= 15 is 0 Å². The second kappa shape index (κ2) is 4.64. The van der Waals surface area contributed by atoms with Crippen molar-refractivity contribution in [2.24, 2.45) is 0 Å². The molecule has 0 aromatic carbocycles. The van der Waals surface area contributed by atoms with Gasteiger partial charge in [0, 0.05) is 0 Å². The summed E-state index contributed by atoms with van der Waals surface area (Å²) in [5.74, 6) is -2.01. The van der Waals surface area contributed by atoms with Crippen LogP contribution in [0.1, 0.15) is 27.2 Å². The molecule has 0 atom stereocenters. The summed E-state index contributed by atoms with van der Waals surface area (Å²) >= 11 is 0. The van der Waals surface area contributed by atoms with E-state index in [1.807, 2.05) is 13.8 Å². The van der Waals surface area contributed by atoms with Gasteiger partial charge >= 0.3 is 0 Å².